The van der Waals surface area contributed by atoms with Crippen LogP contribution in [-0.4, -0.2) is 37.3 Å². The third-order valence-electron chi connectivity index (χ3n) is 6.48. The number of hydrogen-bond donors (Lipinski definition) is 3. The Kier molecular flexibility index (Phi) is 9.85. The molecule has 2 heterocycles. The molecular weight excluding hydrogens is 532 g/mol. The van der Waals surface area contributed by atoms with Gasteiger partial charge < -0.3 is 5.11 Å². The van der Waals surface area contributed by atoms with Crippen LogP contribution >= 0.6 is 22.7 Å². The van der Waals surface area contributed by atoms with Crippen molar-refractivity contribution in [3.63, 3.8) is 0 Å². The summed E-state index contributed by atoms with van der Waals surface area (Å²) in [4.78, 5) is 25.6. The molecule has 0 bridgehead atoms. The van der Waals surface area contributed by atoms with Crippen LogP contribution in [0.4, 0.5) is 10.3 Å². The molecule has 0 aliphatic rings. The highest BCUT2D eigenvalue weighted by Crippen LogP contribution is 2.28. The molecule has 4 aromatic rings. The van der Waals surface area contributed by atoms with Gasteiger partial charge in [-0.3, -0.25) is 20.2 Å². The zero-order valence-corrected chi connectivity index (χ0v) is 23.6. The monoisotopic (exact) mass is 564 g/mol. The first kappa shape index (κ1) is 28.5. The van der Waals surface area contributed by atoms with Gasteiger partial charge in [0.25, 0.3) is 5.91 Å². The van der Waals surface area contributed by atoms with Crippen LogP contribution in [0.15, 0.2) is 60.7 Å². The molecule has 9 nitrogen and oxygen atoms in total. The number of hydrogen-bond acceptors (Lipinski definition) is 9. The Morgan fingerprint density at radius 3 is 1.90 bits per heavy atom. The summed E-state index contributed by atoms with van der Waals surface area (Å²) in [7, 11) is 0. The van der Waals surface area contributed by atoms with Crippen molar-refractivity contribution in [2.45, 2.75) is 63.9 Å². The fourth-order valence-electron chi connectivity index (χ4n) is 4.22. The van der Waals surface area contributed by atoms with Crippen molar-refractivity contribution < 1.29 is 14.7 Å². The van der Waals surface area contributed by atoms with E-state index < -0.39 is 11.5 Å². The van der Waals surface area contributed by atoms with Gasteiger partial charge in [-0.15, -0.1) is 20.4 Å². The van der Waals surface area contributed by atoms with Gasteiger partial charge in [0.15, 0.2) is 5.60 Å². The van der Waals surface area contributed by atoms with Gasteiger partial charge >= 0.3 is 0 Å². The van der Waals surface area contributed by atoms with Crippen molar-refractivity contribution in [3.8, 4) is 0 Å². The molecule has 0 radical (unpaired) electrons. The molecule has 2 aromatic heterocycles. The van der Waals surface area contributed by atoms with E-state index in [0.29, 0.717) is 28.7 Å². The lowest BCUT2D eigenvalue weighted by molar-refractivity contribution is -0.135. The average molecular weight is 565 g/mol. The number of carbonyl (C=O) groups excluding carboxylic acids is 2. The lowest BCUT2D eigenvalue weighted by Gasteiger charge is -2.25. The number of anilines is 2. The number of unbranched alkanes of at least 4 members (excludes halogenated alkanes) is 1. The van der Waals surface area contributed by atoms with E-state index in [4.69, 9.17) is 0 Å². The summed E-state index contributed by atoms with van der Waals surface area (Å²) in [5.41, 5.74) is -0.110. The number of rotatable bonds is 13. The van der Waals surface area contributed by atoms with E-state index in [9.17, 15) is 14.7 Å². The normalized spacial score (nSPS) is 13.4. The molecule has 0 aliphatic carbocycles. The molecule has 2 aromatic carbocycles. The van der Waals surface area contributed by atoms with Crippen molar-refractivity contribution in [1.82, 2.24) is 20.4 Å². The van der Waals surface area contributed by atoms with E-state index in [1.165, 1.54) is 22.7 Å². The molecule has 39 heavy (non-hydrogen) atoms. The summed E-state index contributed by atoms with van der Waals surface area (Å²) < 4.78 is 0. The second-order valence-corrected chi connectivity index (χ2v) is 11.2. The van der Waals surface area contributed by atoms with Crippen molar-refractivity contribution in [2.24, 2.45) is 0 Å². The van der Waals surface area contributed by atoms with Crippen LogP contribution in [0, 0.1) is 0 Å². The highest BCUT2D eigenvalue weighted by Gasteiger charge is 2.36. The molecule has 0 spiro atoms. The fraction of sp³-hybridized carbons (Fsp3) is 0.357. The Labute approximate surface area is 235 Å². The highest BCUT2D eigenvalue weighted by atomic mass is 32.1. The number of aliphatic hydroxyl groups is 1. The molecule has 2 amide bonds. The molecule has 4 rings (SSSR count). The number of aryl methyl sites for hydroxylation is 2. The number of nitrogens with zero attached hydrogens (tertiary/aromatic N) is 4. The van der Waals surface area contributed by atoms with Gasteiger partial charge in [0.2, 0.25) is 16.2 Å². The maximum absolute atomic E-state index is 12.8. The summed E-state index contributed by atoms with van der Waals surface area (Å²) in [6.45, 7) is 3.76. The second-order valence-electron chi connectivity index (χ2n) is 9.10. The van der Waals surface area contributed by atoms with E-state index in [1.807, 2.05) is 43.3 Å². The van der Waals surface area contributed by atoms with Gasteiger partial charge in [0, 0.05) is 12.8 Å². The zero-order valence-electron chi connectivity index (χ0n) is 22.0. The van der Waals surface area contributed by atoms with E-state index in [-0.39, 0.29) is 18.2 Å². The van der Waals surface area contributed by atoms with Gasteiger partial charge in [-0.1, -0.05) is 97.2 Å². The molecule has 0 aliphatic heterocycles. The SMILES string of the molecule is CC[C@H](C(=O)Nc1nnc(CCCCc2nnc(NC(=O)[C@@](O)(CC)c3ccccc3)s2)s1)c1ccccc1. The minimum Gasteiger partial charge on any atom is -0.375 e. The number of benzene rings is 2. The Morgan fingerprint density at radius 1 is 0.821 bits per heavy atom. The Bertz CT molecular complexity index is 1360. The summed E-state index contributed by atoms with van der Waals surface area (Å²) in [6.07, 6.45) is 4.12. The number of nitrogens with one attached hydrogen (secondary N) is 2. The van der Waals surface area contributed by atoms with Crippen LogP contribution in [0.1, 0.15) is 66.6 Å². The summed E-state index contributed by atoms with van der Waals surface area (Å²) in [6, 6.07) is 18.6. The highest BCUT2D eigenvalue weighted by molar-refractivity contribution is 7.15. The Hall–Kier alpha value is -3.54. The fourth-order valence-corrected chi connectivity index (χ4v) is 5.78. The standard InChI is InChI=1S/C28H32N6O3S2/c1-3-21(19-13-7-5-8-14-19)24(35)29-26-33-31-22(38-26)17-11-12-18-23-32-34-27(39-23)30-25(36)28(37,4-2)20-15-9-6-10-16-20/h5-10,13-16,21,37H,3-4,11-12,17-18H2,1-2H3,(H,29,33,35)(H,30,34,36)/t21-,28+/m0/s1. The predicted octanol–water partition coefficient (Wildman–Crippen LogP) is 5.32. The van der Waals surface area contributed by atoms with Crippen LogP contribution < -0.4 is 10.6 Å². The van der Waals surface area contributed by atoms with Crippen LogP contribution in [0.25, 0.3) is 0 Å². The first-order valence-electron chi connectivity index (χ1n) is 13.0. The summed E-state index contributed by atoms with van der Waals surface area (Å²) in [5.74, 6) is -0.826. The maximum Gasteiger partial charge on any atom is 0.262 e. The van der Waals surface area contributed by atoms with Crippen LogP contribution in [-0.2, 0) is 28.0 Å². The topological polar surface area (TPSA) is 130 Å². The number of amides is 2. The Morgan fingerprint density at radius 2 is 1.36 bits per heavy atom. The Balaban J connectivity index is 1.22. The van der Waals surface area contributed by atoms with Gasteiger partial charge in [0.05, 0.1) is 5.92 Å². The minimum absolute atomic E-state index is 0.0771. The van der Waals surface area contributed by atoms with Crippen molar-refractivity contribution in [1.29, 1.82) is 0 Å². The zero-order chi connectivity index (χ0) is 27.7. The maximum atomic E-state index is 12.8. The van der Waals surface area contributed by atoms with Gasteiger partial charge in [-0.05, 0) is 36.8 Å². The van der Waals surface area contributed by atoms with Gasteiger partial charge in [0.1, 0.15) is 10.0 Å². The third-order valence-corrected chi connectivity index (χ3v) is 8.28. The summed E-state index contributed by atoms with van der Waals surface area (Å²) in [5, 5.41) is 35.7. The van der Waals surface area contributed by atoms with Crippen LogP contribution in [0.5, 0.6) is 0 Å². The molecular formula is C28H32N6O3S2. The van der Waals surface area contributed by atoms with Gasteiger partial charge in [-0.25, -0.2) is 0 Å². The van der Waals surface area contributed by atoms with E-state index in [1.54, 1.807) is 31.2 Å². The quantitative estimate of drug-likeness (QED) is 0.187. The van der Waals surface area contributed by atoms with E-state index in [0.717, 1.165) is 34.8 Å². The summed E-state index contributed by atoms with van der Waals surface area (Å²) >= 11 is 2.70. The van der Waals surface area contributed by atoms with Crippen molar-refractivity contribution >= 4 is 44.8 Å². The molecule has 2 atom stereocenters. The number of aromatic nitrogens is 4. The first-order chi connectivity index (χ1) is 18.9. The van der Waals surface area contributed by atoms with E-state index in [2.05, 4.69) is 31.0 Å². The lowest BCUT2D eigenvalue weighted by Crippen LogP contribution is -2.39. The predicted molar refractivity (Wildman–Crippen MR) is 154 cm³/mol. The molecule has 0 saturated heterocycles. The molecule has 0 fully saturated rings. The smallest absolute Gasteiger partial charge is 0.262 e. The molecule has 11 heteroatoms. The lowest BCUT2D eigenvalue weighted by atomic mass is 9.90. The van der Waals surface area contributed by atoms with E-state index >= 15 is 0 Å². The van der Waals surface area contributed by atoms with Gasteiger partial charge in [-0.2, -0.15) is 0 Å². The molecule has 3 N–H and O–H groups in total. The molecule has 0 saturated carbocycles. The average Bonchev–Trinajstić information content (AvgIpc) is 3.61. The minimum atomic E-state index is -1.63. The number of carbonyl (C=O) groups is 2. The first-order valence-corrected chi connectivity index (χ1v) is 14.7. The molecule has 204 valence electrons. The van der Waals surface area contributed by atoms with Crippen LogP contribution in [0.2, 0.25) is 0 Å². The van der Waals surface area contributed by atoms with Crippen molar-refractivity contribution in [2.75, 3.05) is 10.6 Å². The van der Waals surface area contributed by atoms with Crippen molar-refractivity contribution in [3.05, 3.63) is 81.8 Å². The largest absolute Gasteiger partial charge is 0.375 e. The second kappa shape index (κ2) is 13.5. The molecule has 0 unspecified atom stereocenters. The van der Waals surface area contributed by atoms with Crippen LogP contribution in [0.3, 0.4) is 0 Å². The third kappa shape index (κ3) is 7.31.